The Morgan fingerprint density at radius 2 is 1.90 bits per heavy atom. The lowest BCUT2D eigenvalue weighted by Gasteiger charge is -2.46. The topological polar surface area (TPSA) is 188 Å². The number of ketones is 2. The van der Waals surface area contributed by atoms with Gasteiger partial charge < -0.3 is 35.8 Å². The molecule has 1 amide bonds. The second kappa shape index (κ2) is 10.1. The number of ether oxygens (including phenoxy) is 1. The number of aliphatic hydroxyl groups is 3. The van der Waals surface area contributed by atoms with Crippen LogP contribution in [0.5, 0.6) is 5.75 Å². The first kappa shape index (κ1) is 27.7. The van der Waals surface area contributed by atoms with Crippen molar-refractivity contribution in [2.75, 3.05) is 25.6 Å². The molecule has 0 aromatic heterocycles. The highest BCUT2D eigenvalue weighted by Gasteiger charge is 2.60. The van der Waals surface area contributed by atoms with Crippen molar-refractivity contribution < 1.29 is 44.3 Å². The summed E-state index contributed by atoms with van der Waals surface area (Å²) in [5.74, 6) is -3.01. The van der Waals surface area contributed by atoms with Crippen LogP contribution in [0.4, 0.5) is 5.69 Å². The van der Waals surface area contributed by atoms with Gasteiger partial charge >= 0.3 is 5.97 Å². The number of carbonyl (C=O) groups excluding carboxylic acids is 4. The summed E-state index contributed by atoms with van der Waals surface area (Å²) < 4.78 is 5.02. The van der Waals surface area contributed by atoms with E-state index in [1.165, 1.54) is 0 Å². The largest absolute Gasteiger partial charge is 0.508 e. The number of carbonyl (C=O) groups is 4. The van der Waals surface area contributed by atoms with E-state index in [1.54, 1.807) is 25.1 Å². The first-order chi connectivity index (χ1) is 18.3. The zero-order valence-electron chi connectivity index (χ0n) is 21.8. The highest BCUT2D eigenvalue weighted by Crippen LogP contribution is 2.53. The fourth-order valence-electron chi connectivity index (χ4n) is 5.63. The van der Waals surface area contributed by atoms with Gasteiger partial charge in [0.2, 0.25) is 5.78 Å². The number of phenolic OH excluding ortho intramolecular Hbond substituents is 1. The summed E-state index contributed by atoms with van der Waals surface area (Å²) in [6.07, 6.45) is 1.29. The van der Waals surface area contributed by atoms with Crippen molar-refractivity contribution in [3.8, 4) is 17.6 Å². The molecule has 3 aliphatic rings. The molecular weight excluding hydrogens is 508 g/mol. The van der Waals surface area contributed by atoms with Crippen molar-refractivity contribution in [2.45, 2.75) is 44.6 Å². The van der Waals surface area contributed by atoms with Gasteiger partial charge in [0.25, 0.3) is 5.91 Å². The molecule has 1 saturated carbocycles. The van der Waals surface area contributed by atoms with Crippen LogP contribution in [0.15, 0.2) is 23.0 Å². The van der Waals surface area contributed by atoms with Gasteiger partial charge in [0.15, 0.2) is 11.4 Å². The number of nitrogens with zero attached hydrogens (tertiary/aromatic N) is 1. The molecule has 3 aliphatic carbocycles. The number of primary amides is 1. The summed E-state index contributed by atoms with van der Waals surface area (Å²) in [5, 5.41) is 44.5. The van der Waals surface area contributed by atoms with Crippen LogP contribution in [-0.4, -0.2) is 70.2 Å². The summed E-state index contributed by atoms with van der Waals surface area (Å²) >= 11 is 0. The smallest absolute Gasteiger partial charge is 0.384 e. The Hall–Kier alpha value is -4.30. The summed E-state index contributed by atoms with van der Waals surface area (Å²) in [5.41, 5.74) is 2.42. The van der Waals surface area contributed by atoms with Crippen LogP contribution in [0.25, 0.3) is 5.76 Å². The second-order valence-electron chi connectivity index (χ2n) is 10.2. The molecule has 0 heterocycles. The summed E-state index contributed by atoms with van der Waals surface area (Å²) in [4.78, 5) is 51.7. The lowest BCUT2D eigenvalue weighted by Crippen LogP contribution is -2.58. The predicted molar refractivity (Wildman–Crippen MR) is 138 cm³/mol. The van der Waals surface area contributed by atoms with Crippen molar-refractivity contribution in [1.29, 1.82) is 0 Å². The van der Waals surface area contributed by atoms with Crippen molar-refractivity contribution in [3.63, 3.8) is 0 Å². The van der Waals surface area contributed by atoms with Crippen LogP contribution < -0.4 is 10.6 Å². The number of aromatic hydroxyl groups is 1. The zero-order chi connectivity index (χ0) is 28.8. The van der Waals surface area contributed by atoms with E-state index in [0.29, 0.717) is 17.7 Å². The van der Waals surface area contributed by atoms with Crippen LogP contribution in [0.2, 0.25) is 0 Å². The molecule has 39 heavy (non-hydrogen) atoms. The van der Waals surface area contributed by atoms with E-state index in [2.05, 4.69) is 11.8 Å². The average molecular weight is 539 g/mol. The molecule has 206 valence electrons. The third-order valence-corrected chi connectivity index (χ3v) is 7.55. The van der Waals surface area contributed by atoms with Gasteiger partial charge in [0.1, 0.15) is 22.8 Å². The van der Waals surface area contributed by atoms with Crippen molar-refractivity contribution >= 4 is 34.9 Å². The number of esters is 1. The van der Waals surface area contributed by atoms with E-state index in [4.69, 9.17) is 10.5 Å². The van der Waals surface area contributed by atoms with Crippen molar-refractivity contribution in [3.05, 3.63) is 39.7 Å². The van der Waals surface area contributed by atoms with E-state index < -0.39 is 70.1 Å². The number of amides is 1. The number of fused-ring (bicyclic) bond motifs is 3. The van der Waals surface area contributed by atoms with Crippen LogP contribution in [0, 0.1) is 23.7 Å². The Morgan fingerprint density at radius 1 is 1.21 bits per heavy atom. The predicted octanol–water partition coefficient (Wildman–Crippen LogP) is 1.18. The van der Waals surface area contributed by atoms with Gasteiger partial charge in [-0.3, -0.25) is 14.4 Å². The summed E-state index contributed by atoms with van der Waals surface area (Å²) in [7, 11) is 3.47. The molecule has 1 fully saturated rings. The Labute approximate surface area is 224 Å². The molecule has 11 heteroatoms. The molecule has 0 spiro atoms. The fraction of sp³-hybridized carbons (Fsp3) is 0.429. The first-order valence-corrected chi connectivity index (χ1v) is 12.6. The monoisotopic (exact) mass is 538 g/mol. The molecule has 6 N–H and O–H groups in total. The minimum absolute atomic E-state index is 0.00245. The number of hydrogen-bond donors (Lipinski definition) is 5. The number of phenols is 1. The maximum atomic E-state index is 13.7. The van der Waals surface area contributed by atoms with Crippen LogP contribution in [0.1, 0.15) is 49.3 Å². The molecule has 3 atom stereocenters. The summed E-state index contributed by atoms with van der Waals surface area (Å²) in [6, 6.07) is 1.55. The molecule has 1 aromatic carbocycles. The molecule has 0 radical (unpaired) electrons. The standard InChI is InChI=1S/C28H30N2O9/c1-4-5-8-39-19(32)7-6-13-11-17(30(2)3)16-10-14-9-15-12-18(31)22(27(29)37)26(36)28(15,38)25(35)20(14)24(34)21(16)23(13)33/h11,14-15,33-34,36,38H,4-5,8-10,12H2,1-3H3,(H2,29,37)/t14-,15+,28+/m1/s1. The fourth-order valence-corrected chi connectivity index (χ4v) is 5.63. The number of unbranched alkanes of at least 4 members (excludes halogenated alkanes) is 1. The number of nitrogens with two attached hydrogens (primary N) is 1. The lowest BCUT2D eigenvalue weighted by atomic mass is 9.59. The number of aliphatic hydroxyl groups excluding tert-OH is 2. The van der Waals surface area contributed by atoms with Gasteiger partial charge in [-0.2, -0.15) is 0 Å². The second-order valence-corrected chi connectivity index (χ2v) is 10.2. The molecule has 0 unspecified atom stereocenters. The number of benzene rings is 1. The maximum absolute atomic E-state index is 13.7. The SMILES string of the molecule is CCCCOC(=O)C#Cc1cc(N(C)C)c2c(c1O)C(O)=C1C(=O)[C@]3(O)C(O)=C(C(N)=O)C(=O)C[C@@H]3C[C@@H]1C2. The van der Waals surface area contributed by atoms with E-state index in [0.717, 1.165) is 6.42 Å². The Balaban J connectivity index is 1.86. The molecule has 0 aliphatic heterocycles. The van der Waals surface area contributed by atoms with Gasteiger partial charge in [-0.15, -0.1) is 0 Å². The highest BCUT2D eigenvalue weighted by atomic mass is 16.5. The normalized spacial score (nSPS) is 23.8. The molecule has 4 rings (SSSR count). The lowest BCUT2D eigenvalue weighted by molar-refractivity contribution is -0.147. The van der Waals surface area contributed by atoms with E-state index in [9.17, 15) is 39.6 Å². The highest BCUT2D eigenvalue weighted by molar-refractivity contribution is 6.22. The zero-order valence-corrected chi connectivity index (χ0v) is 21.8. The number of anilines is 1. The quantitative estimate of drug-likeness (QED) is 0.158. The van der Waals surface area contributed by atoms with Crippen LogP contribution in [-0.2, 0) is 30.3 Å². The Bertz CT molecular complexity index is 1430. The minimum atomic E-state index is -2.64. The molecular formula is C28H30N2O9. The van der Waals surface area contributed by atoms with Crippen molar-refractivity contribution in [2.24, 2.45) is 17.6 Å². The molecule has 0 saturated heterocycles. The van der Waals surface area contributed by atoms with E-state index in [-0.39, 0.29) is 36.1 Å². The Kier molecular flexibility index (Phi) is 7.19. The number of rotatable bonds is 5. The van der Waals surface area contributed by atoms with Gasteiger partial charge in [-0.25, -0.2) is 4.79 Å². The molecule has 0 bridgehead atoms. The van der Waals surface area contributed by atoms with E-state index in [1.807, 2.05) is 6.92 Å². The molecule has 1 aromatic rings. The van der Waals surface area contributed by atoms with Crippen molar-refractivity contribution in [1.82, 2.24) is 0 Å². The number of Topliss-reactive ketones (excluding diaryl/α,β-unsaturated/α-hetero) is 2. The maximum Gasteiger partial charge on any atom is 0.384 e. The molecule has 11 nitrogen and oxygen atoms in total. The van der Waals surface area contributed by atoms with Crippen LogP contribution >= 0.6 is 0 Å². The average Bonchev–Trinajstić information content (AvgIpc) is 2.85. The van der Waals surface area contributed by atoms with Gasteiger partial charge in [-0.1, -0.05) is 19.3 Å². The first-order valence-electron chi connectivity index (χ1n) is 12.6. The van der Waals surface area contributed by atoms with Gasteiger partial charge in [0.05, 0.1) is 17.7 Å². The van der Waals surface area contributed by atoms with Crippen LogP contribution in [0.3, 0.4) is 0 Å². The summed E-state index contributed by atoms with van der Waals surface area (Å²) in [6.45, 7) is 2.14. The number of hydrogen-bond acceptors (Lipinski definition) is 10. The Morgan fingerprint density at radius 3 is 2.51 bits per heavy atom. The minimum Gasteiger partial charge on any atom is -0.508 e. The van der Waals surface area contributed by atoms with Gasteiger partial charge in [0, 0.05) is 43.6 Å². The third-order valence-electron chi connectivity index (χ3n) is 7.55. The third kappa shape index (κ3) is 4.40. The van der Waals surface area contributed by atoms with Gasteiger partial charge in [-0.05, 0) is 36.8 Å². The van der Waals surface area contributed by atoms with E-state index >= 15 is 0 Å².